The van der Waals surface area contributed by atoms with Gasteiger partial charge in [-0.3, -0.25) is 14.9 Å². The molecule has 2 heterocycles. The van der Waals surface area contributed by atoms with Crippen LogP contribution in [0.5, 0.6) is 0 Å². The Morgan fingerprint density at radius 2 is 2.19 bits per heavy atom. The lowest BCUT2D eigenvalue weighted by atomic mass is 10.1. The van der Waals surface area contributed by atoms with E-state index in [-0.39, 0.29) is 17.6 Å². The van der Waals surface area contributed by atoms with Crippen LogP contribution in [0.15, 0.2) is 46.0 Å². The van der Waals surface area contributed by atoms with Crippen molar-refractivity contribution in [1.29, 1.82) is 0 Å². The van der Waals surface area contributed by atoms with E-state index in [0.29, 0.717) is 13.2 Å². The number of carbonyl (C=O) groups excluding carboxylic acids is 1. The van der Waals surface area contributed by atoms with Crippen molar-refractivity contribution in [1.82, 2.24) is 4.90 Å². The molecule has 0 spiro atoms. The predicted molar refractivity (Wildman–Crippen MR) is 76.6 cm³/mol. The first-order chi connectivity index (χ1) is 10.2. The highest BCUT2D eigenvalue weighted by Crippen LogP contribution is 2.19. The number of aliphatic imine (C=N–C) groups is 2. The molecule has 1 aromatic carbocycles. The molecule has 0 saturated heterocycles. The summed E-state index contributed by atoms with van der Waals surface area (Å²) in [6, 6.07) is 6.34. The van der Waals surface area contributed by atoms with E-state index in [0.717, 1.165) is 11.3 Å². The molecule has 3 rings (SSSR count). The second-order valence-electron chi connectivity index (χ2n) is 4.84. The number of hydrogen-bond donors (Lipinski definition) is 0. The minimum Gasteiger partial charge on any atom is -0.464 e. The zero-order valence-electron chi connectivity index (χ0n) is 11.5. The van der Waals surface area contributed by atoms with Crippen LogP contribution in [0.3, 0.4) is 0 Å². The second kappa shape index (κ2) is 5.57. The number of rotatable bonds is 3. The van der Waals surface area contributed by atoms with Crippen molar-refractivity contribution in [2.75, 3.05) is 13.8 Å². The highest BCUT2D eigenvalue weighted by atomic mass is 19.1. The number of ether oxygens (including phenoxy) is 1. The van der Waals surface area contributed by atoms with E-state index >= 15 is 0 Å². The molecule has 0 radical (unpaired) electrons. The Kier molecular flexibility index (Phi) is 3.62. The van der Waals surface area contributed by atoms with E-state index in [4.69, 9.17) is 0 Å². The first-order valence-electron chi connectivity index (χ1n) is 6.54. The van der Waals surface area contributed by atoms with E-state index in [1.807, 2.05) is 0 Å². The Morgan fingerprint density at radius 3 is 2.90 bits per heavy atom. The molecule has 0 fully saturated rings. The summed E-state index contributed by atoms with van der Waals surface area (Å²) in [5.41, 5.74) is 2.06. The number of benzene rings is 1. The average Bonchev–Trinajstić information content (AvgIpc) is 2.91. The van der Waals surface area contributed by atoms with Gasteiger partial charge in [-0.15, -0.1) is 0 Å². The maximum Gasteiger partial charge on any atom is 0.356 e. The molecular formula is C15H14FN3O2. The summed E-state index contributed by atoms with van der Waals surface area (Å²) >= 11 is 0. The molecule has 6 heteroatoms. The third-order valence-corrected chi connectivity index (χ3v) is 3.46. The third kappa shape index (κ3) is 2.75. The third-order valence-electron chi connectivity index (χ3n) is 3.46. The number of fused-ring (bicyclic) bond motifs is 1. The summed E-state index contributed by atoms with van der Waals surface area (Å²) in [5.74, 6) is -0.716. The first kappa shape index (κ1) is 13.6. The van der Waals surface area contributed by atoms with Crippen LogP contribution in [0.1, 0.15) is 5.56 Å². The smallest absolute Gasteiger partial charge is 0.356 e. The van der Waals surface area contributed by atoms with Crippen molar-refractivity contribution >= 4 is 17.9 Å². The molecule has 108 valence electrons. The van der Waals surface area contributed by atoms with Gasteiger partial charge < -0.3 is 4.74 Å². The standard InChI is InChI=1S/C15H14FN3O2/c1-21-15(20)13-6-12-14(7-17-13)19(9-18-12)8-10-2-4-11(16)5-3-10/h2-7,14H,8-9H2,1H3. The van der Waals surface area contributed by atoms with Crippen molar-refractivity contribution in [2.45, 2.75) is 12.6 Å². The number of methoxy groups -OCH3 is 1. The highest BCUT2D eigenvalue weighted by molar-refractivity contribution is 6.15. The van der Waals surface area contributed by atoms with Crippen LogP contribution in [0.4, 0.5) is 4.39 Å². The molecule has 0 bridgehead atoms. The lowest BCUT2D eigenvalue weighted by Gasteiger charge is -2.23. The number of carbonyl (C=O) groups is 1. The Balaban J connectivity index is 1.71. The molecule has 2 aliphatic heterocycles. The molecule has 21 heavy (non-hydrogen) atoms. The maximum absolute atomic E-state index is 12.9. The van der Waals surface area contributed by atoms with Gasteiger partial charge in [-0.05, 0) is 23.8 Å². The molecule has 0 aliphatic carbocycles. The van der Waals surface area contributed by atoms with Crippen LogP contribution < -0.4 is 0 Å². The summed E-state index contributed by atoms with van der Waals surface area (Å²) in [7, 11) is 1.32. The Bertz CT molecular complexity index is 649. The van der Waals surface area contributed by atoms with Crippen molar-refractivity contribution in [3.05, 3.63) is 47.4 Å². The lowest BCUT2D eigenvalue weighted by molar-refractivity contribution is -0.136. The van der Waals surface area contributed by atoms with Crippen LogP contribution in [0, 0.1) is 5.82 Å². The maximum atomic E-state index is 12.9. The monoisotopic (exact) mass is 287 g/mol. The summed E-state index contributed by atoms with van der Waals surface area (Å²) in [6.45, 7) is 1.17. The largest absolute Gasteiger partial charge is 0.464 e. The number of halogens is 1. The summed E-state index contributed by atoms with van der Waals surface area (Å²) in [4.78, 5) is 22.1. The average molecular weight is 287 g/mol. The van der Waals surface area contributed by atoms with Crippen LogP contribution >= 0.6 is 0 Å². The number of nitrogens with zero attached hydrogens (tertiary/aromatic N) is 3. The molecule has 1 aromatic rings. The van der Waals surface area contributed by atoms with Crippen LogP contribution in [0.2, 0.25) is 0 Å². The molecule has 0 aromatic heterocycles. The van der Waals surface area contributed by atoms with E-state index < -0.39 is 5.97 Å². The van der Waals surface area contributed by atoms with Gasteiger partial charge in [0, 0.05) is 12.8 Å². The molecule has 0 amide bonds. The van der Waals surface area contributed by atoms with Gasteiger partial charge >= 0.3 is 5.97 Å². The van der Waals surface area contributed by atoms with E-state index in [1.54, 1.807) is 24.4 Å². The fourth-order valence-corrected chi connectivity index (χ4v) is 2.36. The summed E-state index contributed by atoms with van der Waals surface area (Å²) in [5, 5.41) is 0. The van der Waals surface area contributed by atoms with Crippen LogP contribution in [-0.2, 0) is 16.1 Å². The van der Waals surface area contributed by atoms with Crippen molar-refractivity contribution < 1.29 is 13.9 Å². The SMILES string of the molecule is COC(=O)C1=CC2=NCN(Cc3ccc(F)cc3)C2C=N1. The minimum absolute atomic E-state index is 0.0524. The lowest BCUT2D eigenvalue weighted by Crippen LogP contribution is -2.37. The van der Waals surface area contributed by atoms with Gasteiger partial charge in [0.15, 0.2) is 0 Å². The van der Waals surface area contributed by atoms with Gasteiger partial charge in [0.25, 0.3) is 0 Å². The van der Waals surface area contributed by atoms with Crippen molar-refractivity contribution in [2.24, 2.45) is 9.98 Å². The topological polar surface area (TPSA) is 54.3 Å². The summed E-state index contributed by atoms with van der Waals surface area (Å²) in [6.07, 6.45) is 3.35. The predicted octanol–water partition coefficient (Wildman–Crippen LogP) is 1.55. The Labute approximate surface area is 121 Å². The number of esters is 1. The van der Waals surface area contributed by atoms with Gasteiger partial charge in [0.05, 0.1) is 25.5 Å². The number of hydrogen-bond acceptors (Lipinski definition) is 5. The Hall–Kier alpha value is -2.34. The van der Waals surface area contributed by atoms with E-state index in [2.05, 4.69) is 19.6 Å². The molecule has 1 atom stereocenters. The van der Waals surface area contributed by atoms with Gasteiger partial charge in [-0.2, -0.15) is 0 Å². The van der Waals surface area contributed by atoms with Crippen LogP contribution in [0.25, 0.3) is 0 Å². The molecule has 0 N–H and O–H groups in total. The van der Waals surface area contributed by atoms with Gasteiger partial charge in [0.1, 0.15) is 11.5 Å². The molecule has 1 unspecified atom stereocenters. The molecule has 0 saturated carbocycles. The second-order valence-corrected chi connectivity index (χ2v) is 4.84. The summed E-state index contributed by atoms with van der Waals surface area (Å²) < 4.78 is 17.6. The fraction of sp³-hybridized carbons (Fsp3) is 0.267. The van der Waals surface area contributed by atoms with Gasteiger partial charge in [-0.25, -0.2) is 9.18 Å². The highest BCUT2D eigenvalue weighted by Gasteiger charge is 2.30. The van der Waals surface area contributed by atoms with E-state index in [1.165, 1.54) is 19.2 Å². The fourth-order valence-electron chi connectivity index (χ4n) is 2.36. The zero-order valence-corrected chi connectivity index (χ0v) is 11.5. The minimum atomic E-state index is -0.468. The van der Waals surface area contributed by atoms with E-state index in [9.17, 15) is 9.18 Å². The van der Waals surface area contributed by atoms with Gasteiger partial charge in [-0.1, -0.05) is 12.1 Å². The van der Waals surface area contributed by atoms with Crippen molar-refractivity contribution in [3.8, 4) is 0 Å². The Morgan fingerprint density at radius 1 is 1.43 bits per heavy atom. The van der Waals surface area contributed by atoms with Gasteiger partial charge in [0.2, 0.25) is 0 Å². The zero-order chi connectivity index (χ0) is 14.8. The molecule has 2 aliphatic rings. The molecule has 5 nitrogen and oxygen atoms in total. The van der Waals surface area contributed by atoms with Crippen LogP contribution in [-0.4, -0.2) is 42.6 Å². The molecular weight excluding hydrogens is 273 g/mol. The first-order valence-corrected chi connectivity index (χ1v) is 6.54. The quantitative estimate of drug-likeness (QED) is 0.793. The van der Waals surface area contributed by atoms with Crippen molar-refractivity contribution in [3.63, 3.8) is 0 Å². The normalized spacial score (nSPS) is 20.8.